The van der Waals surface area contributed by atoms with E-state index in [4.69, 9.17) is 10.9 Å². The summed E-state index contributed by atoms with van der Waals surface area (Å²) in [5, 5.41) is 15.2. The molecule has 1 aliphatic heterocycles. The third kappa shape index (κ3) is 3.16. The van der Waals surface area contributed by atoms with Crippen molar-refractivity contribution in [2.24, 2.45) is 22.7 Å². The van der Waals surface area contributed by atoms with E-state index in [9.17, 15) is 4.79 Å². The van der Waals surface area contributed by atoms with Crippen molar-refractivity contribution >= 4 is 23.5 Å². The largest absolute Gasteiger partial charge is 0.409 e. The first-order valence-corrected chi connectivity index (χ1v) is 8.10. The second-order valence-electron chi connectivity index (χ2n) is 5.80. The Balaban J connectivity index is 2.07. The zero-order chi connectivity index (χ0) is 13.9. The summed E-state index contributed by atoms with van der Waals surface area (Å²) in [7, 11) is 0. The fourth-order valence-electron chi connectivity index (χ4n) is 2.88. The lowest BCUT2D eigenvalue weighted by molar-refractivity contribution is -0.125. The summed E-state index contributed by atoms with van der Waals surface area (Å²) in [6.07, 6.45) is 4.44. The second kappa shape index (κ2) is 6.03. The zero-order valence-electron chi connectivity index (χ0n) is 11.4. The van der Waals surface area contributed by atoms with Gasteiger partial charge in [0.2, 0.25) is 5.91 Å². The van der Waals surface area contributed by atoms with E-state index in [1.54, 1.807) is 0 Å². The van der Waals surface area contributed by atoms with Crippen LogP contribution in [0.4, 0.5) is 0 Å². The highest BCUT2D eigenvalue weighted by Gasteiger charge is 2.41. The van der Waals surface area contributed by atoms with Crippen LogP contribution in [0, 0.1) is 11.8 Å². The third-order valence-electron chi connectivity index (χ3n) is 4.39. The summed E-state index contributed by atoms with van der Waals surface area (Å²) < 4.78 is 0. The first-order chi connectivity index (χ1) is 9.07. The van der Waals surface area contributed by atoms with Crippen LogP contribution in [0.2, 0.25) is 0 Å². The van der Waals surface area contributed by atoms with Crippen molar-refractivity contribution in [1.29, 1.82) is 0 Å². The van der Waals surface area contributed by atoms with Crippen LogP contribution in [0.1, 0.15) is 39.0 Å². The van der Waals surface area contributed by atoms with Crippen molar-refractivity contribution in [2.45, 2.75) is 44.6 Å². The van der Waals surface area contributed by atoms with Crippen LogP contribution in [0.3, 0.4) is 0 Å². The Labute approximate surface area is 118 Å². The highest BCUT2D eigenvalue weighted by Crippen LogP contribution is 2.33. The smallest absolute Gasteiger partial charge is 0.224 e. The van der Waals surface area contributed by atoms with E-state index in [1.807, 2.05) is 11.8 Å². The fraction of sp³-hybridized carbons (Fsp3) is 0.846. The molecule has 1 saturated carbocycles. The minimum atomic E-state index is -0.633. The number of rotatable bonds is 3. The van der Waals surface area contributed by atoms with E-state index < -0.39 is 5.54 Å². The molecule has 1 saturated heterocycles. The number of amides is 1. The van der Waals surface area contributed by atoms with Gasteiger partial charge in [0.1, 0.15) is 5.54 Å². The van der Waals surface area contributed by atoms with Crippen LogP contribution < -0.4 is 11.1 Å². The molecule has 2 rings (SSSR count). The SMILES string of the molecule is CC1CCC(NC(=O)C2CCSC2)(C(N)=NO)CC1. The van der Waals surface area contributed by atoms with E-state index in [2.05, 4.69) is 17.4 Å². The van der Waals surface area contributed by atoms with Gasteiger partial charge in [-0.25, -0.2) is 0 Å². The number of thioether (sulfide) groups is 1. The first-order valence-electron chi connectivity index (χ1n) is 6.95. The van der Waals surface area contributed by atoms with E-state index in [1.165, 1.54) is 0 Å². The summed E-state index contributed by atoms with van der Waals surface area (Å²) in [6, 6.07) is 0. The molecule has 108 valence electrons. The molecule has 2 fully saturated rings. The van der Waals surface area contributed by atoms with Crippen molar-refractivity contribution in [3.63, 3.8) is 0 Å². The Kier molecular flexibility index (Phi) is 4.60. The van der Waals surface area contributed by atoms with Crippen LogP contribution >= 0.6 is 11.8 Å². The molecule has 2 aliphatic rings. The molecule has 5 nitrogen and oxygen atoms in total. The molecule has 1 heterocycles. The molecule has 0 aromatic rings. The summed E-state index contributed by atoms with van der Waals surface area (Å²) >= 11 is 1.81. The van der Waals surface area contributed by atoms with Gasteiger partial charge in [-0.05, 0) is 43.8 Å². The molecular weight excluding hydrogens is 262 g/mol. The molecule has 1 aliphatic carbocycles. The van der Waals surface area contributed by atoms with Crippen molar-refractivity contribution in [1.82, 2.24) is 5.32 Å². The van der Waals surface area contributed by atoms with Crippen LogP contribution in [0.15, 0.2) is 5.16 Å². The van der Waals surface area contributed by atoms with Gasteiger partial charge in [0, 0.05) is 11.7 Å². The Morgan fingerprint density at radius 1 is 1.42 bits per heavy atom. The van der Waals surface area contributed by atoms with Gasteiger partial charge in [-0.2, -0.15) is 11.8 Å². The van der Waals surface area contributed by atoms with Crippen molar-refractivity contribution in [3.8, 4) is 0 Å². The third-order valence-corrected chi connectivity index (χ3v) is 5.55. The van der Waals surface area contributed by atoms with Gasteiger partial charge in [-0.15, -0.1) is 0 Å². The van der Waals surface area contributed by atoms with Crippen molar-refractivity contribution in [3.05, 3.63) is 0 Å². The average Bonchev–Trinajstić information content (AvgIpc) is 2.95. The van der Waals surface area contributed by atoms with E-state index in [0.717, 1.165) is 43.6 Å². The molecule has 19 heavy (non-hydrogen) atoms. The number of hydrogen-bond donors (Lipinski definition) is 3. The Morgan fingerprint density at radius 2 is 2.11 bits per heavy atom. The minimum Gasteiger partial charge on any atom is -0.409 e. The maximum absolute atomic E-state index is 12.3. The van der Waals surface area contributed by atoms with Crippen LogP contribution in [-0.2, 0) is 4.79 Å². The van der Waals surface area contributed by atoms with Gasteiger partial charge in [-0.3, -0.25) is 4.79 Å². The topological polar surface area (TPSA) is 87.7 Å². The molecule has 1 atom stereocenters. The maximum atomic E-state index is 12.3. The number of nitrogens with zero attached hydrogens (tertiary/aromatic N) is 1. The quantitative estimate of drug-likeness (QED) is 0.318. The number of hydrogen-bond acceptors (Lipinski definition) is 4. The molecule has 0 radical (unpaired) electrons. The monoisotopic (exact) mass is 285 g/mol. The van der Waals surface area contributed by atoms with Gasteiger partial charge in [0.15, 0.2) is 5.84 Å². The number of carbonyl (C=O) groups excluding carboxylic acids is 1. The predicted octanol–water partition coefficient (Wildman–Crippen LogP) is 1.55. The summed E-state index contributed by atoms with van der Waals surface area (Å²) in [5.41, 5.74) is 5.22. The molecule has 1 amide bonds. The van der Waals surface area contributed by atoms with Crippen molar-refractivity contribution < 1.29 is 10.0 Å². The zero-order valence-corrected chi connectivity index (χ0v) is 12.2. The Bertz CT molecular complexity index is 359. The average molecular weight is 285 g/mol. The summed E-state index contributed by atoms with van der Waals surface area (Å²) in [6.45, 7) is 2.20. The van der Waals surface area contributed by atoms with Gasteiger partial charge in [0.05, 0.1) is 0 Å². The number of oxime groups is 1. The Morgan fingerprint density at radius 3 is 2.63 bits per heavy atom. The van der Waals surface area contributed by atoms with Crippen LogP contribution in [-0.4, -0.2) is 34.0 Å². The number of amidine groups is 1. The first kappa shape index (κ1) is 14.5. The number of nitrogens with one attached hydrogen (secondary N) is 1. The van der Waals surface area contributed by atoms with Gasteiger partial charge >= 0.3 is 0 Å². The molecule has 0 spiro atoms. The van der Waals surface area contributed by atoms with E-state index >= 15 is 0 Å². The lowest BCUT2D eigenvalue weighted by Crippen LogP contribution is -2.60. The van der Waals surface area contributed by atoms with Crippen LogP contribution in [0.5, 0.6) is 0 Å². The van der Waals surface area contributed by atoms with E-state index in [0.29, 0.717) is 5.92 Å². The highest BCUT2D eigenvalue weighted by atomic mass is 32.2. The maximum Gasteiger partial charge on any atom is 0.224 e. The normalized spacial score (nSPS) is 36.2. The summed E-state index contributed by atoms with van der Waals surface area (Å²) in [4.78, 5) is 12.3. The summed E-state index contributed by atoms with van der Waals surface area (Å²) in [5.74, 6) is 2.86. The molecule has 6 heteroatoms. The molecule has 0 aromatic heterocycles. The van der Waals surface area contributed by atoms with Crippen LogP contribution in [0.25, 0.3) is 0 Å². The molecule has 1 unspecified atom stereocenters. The Hall–Kier alpha value is -0.910. The van der Waals surface area contributed by atoms with Gasteiger partial charge in [-0.1, -0.05) is 12.1 Å². The van der Waals surface area contributed by atoms with Gasteiger partial charge in [0.25, 0.3) is 0 Å². The second-order valence-corrected chi connectivity index (χ2v) is 6.95. The van der Waals surface area contributed by atoms with Crippen molar-refractivity contribution in [2.75, 3.05) is 11.5 Å². The lowest BCUT2D eigenvalue weighted by atomic mass is 9.76. The highest BCUT2D eigenvalue weighted by molar-refractivity contribution is 7.99. The molecule has 4 N–H and O–H groups in total. The number of nitrogens with two attached hydrogens (primary N) is 1. The molecule has 0 aromatic carbocycles. The van der Waals surface area contributed by atoms with Gasteiger partial charge < -0.3 is 16.3 Å². The minimum absolute atomic E-state index is 0.0613. The molecule has 0 bridgehead atoms. The van der Waals surface area contributed by atoms with E-state index in [-0.39, 0.29) is 17.7 Å². The fourth-order valence-corrected chi connectivity index (χ4v) is 4.10. The standard InChI is InChI=1S/C13H23N3O2S/c1-9-2-5-13(6-3-9,12(14)16-18)15-11(17)10-4-7-19-8-10/h9-10,18H,2-8H2,1H3,(H2,14,16)(H,15,17). The lowest BCUT2D eigenvalue weighted by Gasteiger charge is -2.39. The molecular formula is C13H23N3O2S. The predicted molar refractivity (Wildman–Crippen MR) is 77.3 cm³/mol. The number of carbonyl (C=O) groups is 1.